The van der Waals surface area contributed by atoms with Crippen LogP contribution in [-0.2, 0) is 16.0 Å². The summed E-state index contributed by atoms with van der Waals surface area (Å²) < 4.78 is 5.72. The molecule has 2 unspecified atom stereocenters. The molecule has 1 aromatic rings. The summed E-state index contributed by atoms with van der Waals surface area (Å²) in [4.78, 5) is 11.5. The van der Waals surface area contributed by atoms with Crippen LogP contribution in [0.1, 0.15) is 17.2 Å². The third-order valence-corrected chi connectivity index (χ3v) is 3.34. The Hall–Kier alpha value is -0.870. The highest BCUT2D eigenvalue weighted by Crippen LogP contribution is 2.36. The Bertz CT molecular complexity index is 406. The first-order valence-corrected chi connectivity index (χ1v) is 5.54. The molecule has 0 fully saturated rings. The van der Waals surface area contributed by atoms with Crippen LogP contribution < -0.4 is 5.73 Å². The number of hydrogen-bond donors (Lipinski definition) is 1. The van der Waals surface area contributed by atoms with Crippen LogP contribution in [0.5, 0.6) is 0 Å². The first-order chi connectivity index (χ1) is 7.13. The van der Waals surface area contributed by atoms with Crippen molar-refractivity contribution in [3.8, 4) is 0 Å². The van der Waals surface area contributed by atoms with Crippen molar-refractivity contribution in [2.24, 2.45) is 11.7 Å². The average Bonchev–Trinajstić information content (AvgIpc) is 2.55. The number of nitrogens with two attached hydrogens (primary N) is 1. The monoisotopic (exact) mass is 269 g/mol. The van der Waals surface area contributed by atoms with Gasteiger partial charge in [0.2, 0.25) is 0 Å². The van der Waals surface area contributed by atoms with Gasteiger partial charge in [-0.1, -0.05) is 22.0 Å². The molecule has 0 bridgehead atoms. The summed E-state index contributed by atoms with van der Waals surface area (Å²) in [6, 6.07) is 5.70. The topological polar surface area (TPSA) is 52.3 Å². The minimum absolute atomic E-state index is 0.227. The molecule has 2 rings (SSSR count). The Labute approximate surface area is 96.7 Å². The van der Waals surface area contributed by atoms with Crippen molar-refractivity contribution >= 4 is 21.9 Å². The van der Waals surface area contributed by atoms with E-state index in [-0.39, 0.29) is 17.9 Å². The number of halogens is 1. The summed E-state index contributed by atoms with van der Waals surface area (Å²) in [5.74, 6) is -0.464. The minimum atomic E-state index is -0.245. The fourth-order valence-electron chi connectivity index (χ4n) is 2.02. The van der Waals surface area contributed by atoms with Crippen LogP contribution in [0.3, 0.4) is 0 Å². The zero-order valence-electron chi connectivity index (χ0n) is 8.37. The standard InChI is InChI=1S/C11H12BrNO2/c1-15-11(14)9-4-6-2-3-7(12)5-8(6)10(9)13/h2-3,5,9-10H,4,13H2,1H3. The number of rotatable bonds is 1. The van der Waals surface area contributed by atoms with Crippen molar-refractivity contribution in [1.82, 2.24) is 0 Å². The number of carbonyl (C=O) groups excluding carboxylic acids is 1. The lowest BCUT2D eigenvalue weighted by atomic mass is 10.0. The van der Waals surface area contributed by atoms with E-state index < -0.39 is 0 Å². The van der Waals surface area contributed by atoms with Crippen molar-refractivity contribution in [3.05, 3.63) is 33.8 Å². The van der Waals surface area contributed by atoms with E-state index in [4.69, 9.17) is 10.5 Å². The quantitative estimate of drug-likeness (QED) is 0.791. The molecule has 4 heteroatoms. The number of carbonyl (C=O) groups is 1. The average molecular weight is 270 g/mol. The third kappa shape index (κ3) is 1.79. The van der Waals surface area contributed by atoms with Crippen molar-refractivity contribution in [1.29, 1.82) is 0 Å². The van der Waals surface area contributed by atoms with Crippen LogP contribution in [0.15, 0.2) is 22.7 Å². The van der Waals surface area contributed by atoms with Crippen LogP contribution in [0.2, 0.25) is 0 Å². The van der Waals surface area contributed by atoms with Crippen molar-refractivity contribution in [3.63, 3.8) is 0 Å². The van der Waals surface area contributed by atoms with E-state index in [0.29, 0.717) is 6.42 Å². The minimum Gasteiger partial charge on any atom is -0.469 e. The SMILES string of the molecule is COC(=O)C1Cc2ccc(Br)cc2C1N. The van der Waals surface area contributed by atoms with Crippen molar-refractivity contribution in [2.45, 2.75) is 12.5 Å². The Balaban J connectivity index is 2.33. The van der Waals surface area contributed by atoms with E-state index in [2.05, 4.69) is 15.9 Å². The summed E-state index contributed by atoms with van der Waals surface area (Å²) in [6.45, 7) is 0. The summed E-state index contributed by atoms with van der Waals surface area (Å²) in [5.41, 5.74) is 8.20. The maximum Gasteiger partial charge on any atom is 0.310 e. The maximum absolute atomic E-state index is 11.5. The largest absolute Gasteiger partial charge is 0.469 e. The fourth-order valence-corrected chi connectivity index (χ4v) is 2.40. The van der Waals surface area contributed by atoms with Gasteiger partial charge in [-0.25, -0.2) is 0 Å². The molecule has 0 saturated heterocycles. The summed E-state index contributed by atoms with van der Waals surface area (Å²) in [7, 11) is 1.40. The normalized spacial score (nSPS) is 23.7. The highest BCUT2D eigenvalue weighted by molar-refractivity contribution is 9.10. The maximum atomic E-state index is 11.5. The van der Waals surface area contributed by atoms with E-state index in [9.17, 15) is 4.79 Å². The Morgan fingerprint density at radius 1 is 1.60 bits per heavy atom. The molecule has 2 N–H and O–H groups in total. The summed E-state index contributed by atoms with van der Waals surface area (Å²) >= 11 is 3.39. The number of hydrogen-bond acceptors (Lipinski definition) is 3. The highest BCUT2D eigenvalue weighted by Gasteiger charge is 2.35. The van der Waals surface area contributed by atoms with Crippen LogP contribution >= 0.6 is 15.9 Å². The molecule has 2 atom stereocenters. The van der Waals surface area contributed by atoms with Gasteiger partial charge in [-0.05, 0) is 29.7 Å². The van der Waals surface area contributed by atoms with Gasteiger partial charge in [0.1, 0.15) is 0 Å². The van der Waals surface area contributed by atoms with Gasteiger partial charge in [0.15, 0.2) is 0 Å². The Morgan fingerprint density at radius 2 is 2.33 bits per heavy atom. The van der Waals surface area contributed by atoms with Gasteiger partial charge in [0, 0.05) is 10.5 Å². The Morgan fingerprint density at radius 3 is 3.00 bits per heavy atom. The molecule has 0 heterocycles. The van der Waals surface area contributed by atoms with E-state index in [1.165, 1.54) is 7.11 Å². The summed E-state index contributed by atoms with van der Waals surface area (Å²) in [6.07, 6.45) is 0.677. The molecule has 3 nitrogen and oxygen atoms in total. The second-order valence-corrected chi connectivity index (χ2v) is 4.62. The smallest absolute Gasteiger partial charge is 0.310 e. The molecule has 1 aliphatic carbocycles. The van der Waals surface area contributed by atoms with Crippen LogP contribution in [0.4, 0.5) is 0 Å². The third-order valence-electron chi connectivity index (χ3n) is 2.84. The van der Waals surface area contributed by atoms with Crippen molar-refractivity contribution < 1.29 is 9.53 Å². The molecule has 0 radical (unpaired) electrons. The molecule has 15 heavy (non-hydrogen) atoms. The molecule has 0 aliphatic heterocycles. The van der Waals surface area contributed by atoms with Gasteiger partial charge in [0.25, 0.3) is 0 Å². The van der Waals surface area contributed by atoms with Gasteiger partial charge in [-0.3, -0.25) is 4.79 Å². The molecule has 0 amide bonds. The lowest BCUT2D eigenvalue weighted by molar-refractivity contribution is -0.145. The molecular weight excluding hydrogens is 258 g/mol. The molecule has 1 aromatic carbocycles. The first kappa shape index (κ1) is 10.6. The number of methoxy groups -OCH3 is 1. The second-order valence-electron chi connectivity index (χ2n) is 3.70. The molecule has 0 aromatic heterocycles. The zero-order chi connectivity index (χ0) is 11.0. The van der Waals surface area contributed by atoms with Crippen molar-refractivity contribution in [2.75, 3.05) is 7.11 Å². The van der Waals surface area contributed by atoms with Gasteiger partial charge in [-0.2, -0.15) is 0 Å². The van der Waals surface area contributed by atoms with Crippen LogP contribution in [0, 0.1) is 5.92 Å². The number of ether oxygens (including phenoxy) is 1. The second kappa shape index (κ2) is 3.94. The Kier molecular flexibility index (Phi) is 2.80. The fraction of sp³-hybridized carbons (Fsp3) is 0.364. The number of benzene rings is 1. The van der Waals surface area contributed by atoms with Gasteiger partial charge in [0.05, 0.1) is 13.0 Å². The number of esters is 1. The molecule has 0 spiro atoms. The van der Waals surface area contributed by atoms with Gasteiger partial charge >= 0.3 is 5.97 Å². The van der Waals surface area contributed by atoms with E-state index in [1.807, 2.05) is 18.2 Å². The predicted octanol–water partition coefficient (Wildman–Crippen LogP) is 1.79. The van der Waals surface area contributed by atoms with E-state index >= 15 is 0 Å². The lowest BCUT2D eigenvalue weighted by Gasteiger charge is -2.12. The van der Waals surface area contributed by atoms with Gasteiger partial charge in [-0.15, -0.1) is 0 Å². The predicted molar refractivity (Wildman–Crippen MR) is 60.3 cm³/mol. The van der Waals surface area contributed by atoms with E-state index in [0.717, 1.165) is 15.6 Å². The van der Waals surface area contributed by atoms with E-state index in [1.54, 1.807) is 0 Å². The van der Waals surface area contributed by atoms with Crippen LogP contribution in [0.25, 0.3) is 0 Å². The first-order valence-electron chi connectivity index (χ1n) is 4.75. The molecule has 0 saturated carbocycles. The lowest BCUT2D eigenvalue weighted by Crippen LogP contribution is -2.25. The van der Waals surface area contributed by atoms with Crippen LogP contribution in [-0.4, -0.2) is 13.1 Å². The molecule has 80 valence electrons. The number of fused-ring (bicyclic) bond motifs is 1. The molecule has 1 aliphatic rings. The summed E-state index contributed by atoms with van der Waals surface area (Å²) in [5, 5.41) is 0. The zero-order valence-corrected chi connectivity index (χ0v) is 9.95. The highest BCUT2D eigenvalue weighted by atomic mass is 79.9. The van der Waals surface area contributed by atoms with Gasteiger partial charge < -0.3 is 10.5 Å². The molecular formula is C11H12BrNO2.